The van der Waals surface area contributed by atoms with Crippen molar-refractivity contribution in [2.45, 2.75) is 32.4 Å². The lowest BCUT2D eigenvalue weighted by molar-refractivity contribution is -0.137. The highest BCUT2D eigenvalue weighted by Crippen LogP contribution is 2.30. The summed E-state index contributed by atoms with van der Waals surface area (Å²) in [5.74, 6) is 0.365. The fraction of sp³-hybridized carbons (Fsp3) is 0.600. The maximum Gasteiger partial charge on any atom is 0.417 e. The zero-order chi connectivity index (χ0) is 16.2. The third-order valence-electron chi connectivity index (χ3n) is 3.74. The van der Waals surface area contributed by atoms with Crippen LogP contribution in [0, 0.1) is 5.92 Å². The highest BCUT2D eigenvalue weighted by atomic mass is 19.4. The van der Waals surface area contributed by atoms with Crippen LogP contribution >= 0.6 is 0 Å². The second-order valence-electron chi connectivity index (χ2n) is 5.48. The Bertz CT molecular complexity index is 502. The van der Waals surface area contributed by atoms with Crippen LogP contribution in [0.15, 0.2) is 18.3 Å². The number of alkyl halides is 3. The maximum atomic E-state index is 12.5. The smallest absolute Gasteiger partial charge is 0.356 e. The molecule has 1 aliphatic rings. The highest BCUT2D eigenvalue weighted by molar-refractivity contribution is 5.79. The lowest BCUT2D eigenvalue weighted by Crippen LogP contribution is -2.43. The summed E-state index contributed by atoms with van der Waals surface area (Å²) in [6, 6.07) is 2.40. The third-order valence-corrected chi connectivity index (χ3v) is 3.74. The molecule has 1 aromatic heterocycles. The van der Waals surface area contributed by atoms with Crippen LogP contribution in [0.2, 0.25) is 0 Å². The van der Waals surface area contributed by atoms with Crippen molar-refractivity contribution in [3.63, 3.8) is 0 Å². The maximum absolute atomic E-state index is 12.5. The van der Waals surface area contributed by atoms with Gasteiger partial charge in [0, 0.05) is 25.8 Å². The van der Waals surface area contributed by atoms with Crippen LogP contribution < -0.4 is 10.2 Å². The Morgan fingerprint density at radius 2 is 2.23 bits per heavy atom. The molecule has 1 amide bonds. The van der Waals surface area contributed by atoms with E-state index in [1.54, 1.807) is 0 Å². The predicted octanol–water partition coefficient (Wildman–Crippen LogP) is 2.84. The number of nitrogens with zero attached hydrogens (tertiary/aromatic N) is 2. The zero-order valence-electron chi connectivity index (χ0n) is 12.5. The van der Waals surface area contributed by atoms with Crippen molar-refractivity contribution < 1.29 is 18.0 Å². The van der Waals surface area contributed by atoms with E-state index in [2.05, 4.69) is 10.3 Å². The summed E-state index contributed by atoms with van der Waals surface area (Å²) >= 11 is 0. The Labute approximate surface area is 127 Å². The van der Waals surface area contributed by atoms with Gasteiger partial charge in [0.1, 0.15) is 5.82 Å². The molecule has 1 unspecified atom stereocenters. The van der Waals surface area contributed by atoms with Gasteiger partial charge in [-0.3, -0.25) is 4.79 Å². The van der Waals surface area contributed by atoms with E-state index in [1.807, 2.05) is 11.8 Å². The number of amides is 1. The number of carbonyl (C=O) groups excluding carboxylic acids is 1. The van der Waals surface area contributed by atoms with Crippen LogP contribution in [0.4, 0.5) is 19.0 Å². The molecule has 2 rings (SSSR count). The topological polar surface area (TPSA) is 45.2 Å². The average Bonchev–Trinajstić information content (AvgIpc) is 2.52. The molecule has 2 heterocycles. The number of aromatic nitrogens is 1. The molecule has 0 spiro atoms. The summed E-state index contributed by atoms with van der Waals surface area (Å²) in [5.41, 5.74) is -0.759. The average molecular weight is 315 g/mol. The normalized spacial score (nSPS) is 19.1. The standard InChI is InChI=1S/C15H20F3N3O/c1-2-7-19-14(22)11-4-3-8-21(10-11)13-6-5-12(9-20-13)15(16,17)18/h5-6,9,11H,2-4,7-8,10H2,1H3,(H,19,22). The van der Waals surface area contributed by atoms with E-state index in [4.69, 9.17) is 0 Å². The summed E-state index contributed by atoms with van der Waals surface area (Å²) < 4.78 is 37.6. The van der Waals surface area contributed by atoms with E-state index in [9.17, 15) is 18.0 Å². The van der Waals surface area contributed by atoms with Gasteiger partial charge >= 0.3 is 6.18 Å². The number of piperidine rings is 1. The molecule has 122 valence electrons. The van der Waals surface area contributed by atoms with Gasteiger partial charge < -0.3 is 10.2 Å². The van der Waals surface area contributed by atoms with Crippen molar-refractivity contribution in [1.82, 2.24) is 10.3 Å². The van der Waals surface area contributed by atoms with Crippen molar-refractivity contribution in [1.29, 1.82) is 0 Å². The van der Waals surface area contributed by atoms with Crippen LogP contribution in [-0.4, -0.2) is 30.5 Å². The summed E-state index contributed by atoms with van der Waals surface area (Å²) in [4.78, 5) is 17.8. The van der Waals surface area contributed by atoms with E-state index in [-0.39, 0.29) is 11.8 Å². The van der Waals surface area contributed by atoms with Crippen molar-refractivity contribution in [2.24, 2.45) is 5.92 Å². The monoisotopic (exact) mass is 315 g/mol. The first-order chi connectivity index (χ1) is 10.4. The van der Waals surface area contributed by atoms with Crippen LogP contribution in [0.25, 0.3) is 0 Å². The van der Waals surface area contributed by atoms with Gasteiger partial charge in [-0.05, 0) is 31.4 Å². The van der Waals surface area contributed by atoms with Gasteiger partial charge in [0.25, 0.3) is 0 Å². The Hall–Kier alpha value is -1.79. The van der Waals surface area contributed by atoms with Crippen molar-refractivity contribution in [2.75, 3.05) is 24.5 Å². The molecular formula is C15H20F3N3O. The molecule has 0 bridgehead atoms. The fourth-order valence-electron chi connectivity index (χ4n) is 2.53. The number of rotatable bonds is 4. The van der Waals surface area contributed by atoms with Crippen LogP contribution in [-0.2, 0) is 11.0 Å². The number of hydrogen-bond acceptors (Lipinski definition) is 3. The van der Waals surface area contributed by atoms with Gasteiger partial charge in [0.05, 0.1) is 11.5 Å². The zero-order valence-corrected chi connectivity index (χ0v) is 12.5. The molecule has 1 atom stereocenters. The van der Waals surface area contributed by atoms with E-state index < -0.39 is 11.7 Å². The molecule has 1 saturated heterocycles. The summed E-state index contributed by atoms with van der Waals surface area (Å²) in [6.07, 6.45) is -1.03. The molecule has 4 nitrogen and oxygen atoms in total. The van der Waals surface area contributed by atoms with Crippen LogP contribution in [0.1, 0.15) is 31.7 Å². The SMILES string of the molecule is CCCNC(=O)C1CCCN(c2ccc(C(F)(F)F)cn2)C1. The molecule has 0 radical (unpaired) electrons. The largest absolute Gasteiger partial charge is 0.417 e. The Morgan fingerprint density at radius 3 is 2.82 bits per heavy atom. The number of carbonyl (C=O) groups is 1. The summed E-state index contributed by atoms with van der Waals surface area (Å²) in [6.45, 7) is 3.83. The first-order valence-corrected chi connectivity index (χ1v) is 7.47. The fourth-order valence-corrected chi connectivity index (χ4v) is 2.53. The van der Waals surface area contributed by atoms with Crippen LogP contribution in [0.5, 0.6) is 0 Å². The first-order valence-electron chi connectivity index (χ1n) is 7.47. The molecule has 0 aliphatic carbocycles. The lowest BCUT2D eigenvalue weighted by Gasteiger charge is -2.33. The molecule has 0 saturated carbocycles. The Kier molecular flexibility index (Phi) is 5.26. The highest BCUT2D eigenvalue weighted by Gasteiger charge is 2.31. The van der Waals surface area contributed by atoms with E-state index in [0.717, 1.165) is 31.5 Å². The number of pyridine rings is 1. The molecular weight excluding hydrogens is 295 g/mol. The van der Waals surface area contributed by atoms with E-state index in [1.165, 1.54) is 6.07 Å². The molecule has 1 fully saturated rings. The van der Waals surface area contributed by atoms with Crippen molar-refractivity contribution in [3.8, 4) is 0 Å². The van der Waals surface area contributed by atoms with Gasteiger partial charge in [-0.15, -0.1) is 0 Å². The predicted molar refractivity (Wildman–Crippen MR) is 77.5 cm³/mol. The molecule has 0 aromatic carbocycles. The lowest BCUT2D eigenvalue weighted by atomic mass is 9.97. The molecule has 1 aliphatic heterocycles. The minimum atomic E-state index is -4.38. The van der Waals surface area contributed by atoms with Gasteiger partial charge in [-0.25, -0.2) is 4.98 Å². The van der Waals surface area contributed by atoms with Gasteiger partial charge in [0.15, 0.2) is 0 Å². The van der Waals surface area contributed by atoms with Gasteiger partial charge in [0.2, 0.25) is 5.91 Å². The molecule has 22 heavy (non-hydrogen) atoms. The second kappa shape index (κ2) is 6.98. The molecule has 1 N–H and O–H groups in total. The number of halogens is 3. The summed E-state index contributed by atoms with van der Waals surface area (Å²) in [7, 11) is 0. The minimum Gasteiger partial charge on any atom is -0.356 e. The van der Waals surface area contributed by atoms with Crippen molar-refractivity contribution >= 4 is 11.7 Å². The number of anilines is 1. The Balaban J connectivity index is 2.01. The quantitative estimate of drug-likeness (QED) is 0.929. The minimum absolute atomic E-state index is 0.0125. The molecule has 7 heteroatoms. The van der Waals surface area contributed by atoms with Gasteiger partial charge in [-0.2, -0.15) is 13.2 Å². The van der Waals surface area contributed by atoms with Crippen LogP contribution in [0.3, 0.4) is 0 Å². The number of hydrogen-bond donors (Lipinski definition) is 1. The van der Waals surface area contributed by atoms with Crippen molar-refractivity contribution in [3.05, 3.63) is 23.9 Å². The second-order valence-corrected chi connectivity index (χ2v) is 5.48. The van der Waals surface area contributed by atoms with E-state index in [0.29, 0.717) is 25.5 Å². The third kappa shape index (κ3) is 4.11. The van der Waals surface area contributed by atoms with E-state index >= 15 is 0 Å². The van der Waals surface area contributed by atoms with Gasteiger partial charge in [-0.1, -0.05) is 6.92 Å². The summed E-state index contributed by atoms with van der Waals surface area (Å²) in [5, 5.41) is 2.87. The Morgan fingerprint density at radius 1 is 1.45 bits per heavy atom. The first kappa shape index (κ1) is 16.6. The number of nitrogens with one attached hydrogen (secondary N) is 1. The molecule has 1 aromatic rings.